The molecule has 2 amide bonds. The van der Waals surface area contributed by atoms with Gasteiger partial charge in [0.25, 0.3) is 0 Å². The van der Waals surface area contributed by atoms with Crippen LogP contribution in [-0.2, 0) is 4.79 Å². The van der Waals surface area contributed by atoms with Crippen LogP contribution in [0.5, 0.6) is 0 Å². The van der Waals surface area contributed by atoms with E-state index < -0.39 is 11.9 Å². The summed E-state index contributed by atoms with van der Waals surface area (Å²) in [6, 6.07) is 7.05. The fraction of sp³-hybridized carbons (Fsp3) is 0.500. The largest absolute Gasteiger partial charge is 0.481 e. The average molecular weight is 288 g/mol. The van der Waals surface area contributed by atoms with Gasteiger partial charge in [-0.05, 0) is 36.3 Å². The van der Waals surface area contributed by atoms with Gasteiger partial charge in [-0.3, -0.25) is 9.69 Å². The number of urea groups is 1. The van der Waals surface area contributed by atoms with Crippen molar-refractivity contribution in [2.45, 2.75) is 32.1 Å². The summed E-state index contributed by atoms with van der Waals surface area (Å²) in [6.07, 6.45) is 3.40. The Bertz CT molecular complexity index is 581. The van der Waals surface area contributed by atoms with E-state index in [9.17, 15) is 14.7 Å². The van der Waals surface area contributed by atoms with E-state index in [2.05, 4.69) is 12.2 Å². The van der Waals surface area contributed by atoms with E-state index in [-0.39, 0.29) is 18.0 Å². The number of amides is 2. The van der Waals surface area contributed by atoms with E-state index >= 15 is 0 Å². The summed E-state index contributed by atoms with van der Waals surface area (Å²) in [4.78, 5) is 25.3. The Kier molecular flexibility index (Phi) is 3.35. The molecule has 1 aliphatic heterocycles. The molecule has 112 valence electrons. The smallest absolute Gasteiger partial charge is 0.321 e. The summed E-state index contributed by atoms with van der Waals surface area (Å²) in [6.45, 7) is 3.03. The van der Waals surface area contributed by atoms with Crippen LogP contribution in [0.15, 0.2) is 24.3 Å². The van der Waals surface area contributed by atoms with Crippen LogP contribution < -0.4 is 10.2 Å². The van der Waals surface area contributed by atoms with Crippen molar-refractivity contribution < 1.29 is 14.7 Å². The second kappa shape index (κ2) is 5.06. The minimum Gasteiger partial charge on any atom is -0.481 e. The van der Waals surface area contributed by atoms with Gasteiger partial charge in [0.05, 0.1) is 0 Å². The molecule has 1 saturated carbocycles. The maximum Gasteiger partial charge on any atom is 0.321 e. The first-order valence-corrected chi connectivity index (χ1v) is 7.43. The first-order valence-electron chi connectivity index (χ1n) is 7.43. The molecule has 0 spiro atoms. The van der Waals surface area contributed by atoms with Gasteiger partial charge in [-0.1, -0.05) is 25.1 Å². The summed E-state index contributed by atoms with van der Waals surface area (Å²) in [5.74, 6) is -1.52. The molecule has 21 heavy (non-hydrogen) atoms. The molecule has 1 unspecified atom stereocenters. The molecule has 1 heterocycles. The number of fused-ring (bicyclic) bond motifs is 1. The topological polar surface area (TPSA) is 69.6 Å². The predicted molar refractivity (Wildman–Crippen MR) is 79.5 cm³/mol. The highest BCUT2D eigenvalue weighted by Gasteiger charge is 2.42. The molecule has 2 N–H and O–H groups in total. The Morgan fingerprint density at radius 3 is 2.71 bits per heavy atom. The number of nitrogens with one attached hydrogen (secondary N) is 1. The van der Waals surface area contributed by atoms with E-state index in [1.807, 2.05) is 18.2 Å². The molecule has 1 aromatic carbocycles. The van der Waals surface area contributed by atoms with Gasteiger partial charge in [0.2, 0.25) is 0 Å². The van der Waals surface area contributed by atoms with Crippen LogP contribution in [0, 0.1) is 5.41 Å². The van der Waals surface area contributed by atoms with Gasteiger partial charge in [-0.25, -0.2) is 4.79 Å². The molecule has 3 rings (SSSR count). The van der Waals surface area contributed by atoms with Gasteiger partial charge >= 0.3 is 12.0 Å². The molecule has 1 aliphatic carbocycles. The molecular weight excluding hydrogens is 268 g/mol. The van der Waals surface area contributed by atoms with E-state index in [1.54, 1.807) is 11.0 Å². The SMILES string of the molecule is CCC1(CNC(=O)N2CC(C(=O)O)c3ccccc32)CC1. The van der Waals surface area contributed by atoms with Crippen molar-refractivity contribution in [1.29, 1.82) is 0 Å². The molecule has 0 radical (unpaired) electrons. The van der Waals surface area contributed by atoms with Gasteiger partial charge in [0, 0.05) is 18.8 Å². The molecule has 1 aromatic rings. The lowest BCUT2D eigenvalue weighted by molar-refractivity contribution is -0.138. The maximum absolute atomic E-state index is 12.4. The molecule has 1 fully saturated rings. The number of benzene rings is 1. The van der Waals surface area contributed by atoms with E-state index in [4.69, 9.17) is 0 Å². The van der Waals surface area contributed by atoms with Crippen LogP contribution >= 0.6 is 0 Å². The Morgan fingerprint density at radius 2 is 2.10 bits per heavy atom. The fourth-order valence-electron chi connectivity index (χ4n) is 3.00. The lowest BCUT2D eigenvalue weighted by Crippen LogP contribution is -2.42. The zero-order chi connectivity index (χ0) is 15.0. The zero-order valence-corrected chi connectivity index (χ0v) is 12.1. The number of rotatable bonds is 4. The van der Waals surface area contributed by atoms with Gasteiger partial charge in [-0.2, -0.15) is 0 Å². The van der Waals surface area contributed by atoms with Crippen molar-refractivity contribution in [2.24, 2.45) is 5.41 Å². The highest BCUT2D eigenvalue weighted by molar-refractivity contribution is 5.98. The molecule has 0 saturated heterocycles. The van der Waals surface area contributed by atoms with E-state index in [1.165, 1.54) is 0 Å². The number of carbonyl (C=O) groups excluding carboxylic acids is 1. The van der Waals surface area contributed by atoms with Gasteiger partial charge in [0.1, 0.15) is 5.92 Å². The highest BCUT2D eigenvalue weighted by Crippen LogP contribution is 2.48. The minimum atomic E-state index is -0.884. The average Bonchev–Trinajstić information content (AvgIpc) is 3.17. The van der Waals surface area contributed by atoms with E-state index in [0.717, 1.165) is 24.8 Å². The Morgan fingerprint density at radius 1 is 1.38 bits per heavy atom. The maximum atomic E-state index is 12.4. The molecule has 1 atom stereocenters. The highest BCUT2D eigenvalue weighted by atomic mass is 16.4. The molecule has 2 aliphatic rings. The number of hydrogen-bond donors (Lipinski definition) is 2. The third-order valence-electron chi connectivity index (χ3n) is 4.83. The summed E-state index contributed by atoms with van der Waals surface area (Å²) in [5.41, 5.74) is 1.71. The zero-order valence-electron chi connectivity index (χ0n) is 12.1. The number of aliphatic carboxylic acids is 1. The number of anilines is 1. The number of carbonyl (C=O) groups is 2. The van der Waals surface area contributed by atoms with Crippen molar-refractivity contribution in [3.63, 3.8) is 0 Å². The summed E-state index contributed by atoms with van der Waals surface area (Å²) in [5, 5.41) is 12.3. The third kappa shape index (κ3) is 2.48. The second-order valence-corrected chi connectivity index (χ2v) is 6.07. The molecular formula is C16H20N2O3. The van der Waals surface area contributed by atoms with Crippen LogP contribution in [-0.4, -0.2) is 30.2 Å². The lowest BCUT2D eigenvalue weighted by Gasteiger charge is -2.20. The van der Waals surface area contributed by atoms with Crippen LogP contribution in [0.2, 0.25) is 0 Å². The molecule has 0 aromatic heterocycles. The van der Waals surface area contributed by atoms with Gasteiger partial charge in [-0.15, -0.1) is 0 Å². The van der Waals surface area contributed by atoms with Crippen molar-refractivity contribution in [3.05, 3.63) is 29.8 Å². The number of carboxylic acids is 1. The summed E-state index contributed by atoms with van der Waals surface area (Å²) in [7, 11) is 0. The Balaban J connectivity index is 1.74. The second-order valence-electron chi connectivity index (χ2n) is 6.07. The molecule has 0 bridgehead atoms. The first-order chi connectivity index (χ1) is 10.1. The number of nitrogens with zero attached hydrogens (tertiary/aromatic N) is 1. The van der Waals surface area contributed by atoms with Gasteiger partial charge < -0.3 is 10.4 Å². The number of carboxylic acid groups (broad SMARTS) is 1. The predicted octanol–water partition coefficient (Wildman–Crippen LogP) is 2.57. The summed E-state index contributed by atoms with van der Waals surface area (Å²) < 4.78 is 0. The monoisotopic (exact) mass is 288 g/mol. The molecule has 5 nitrogen and oxygen atoms in total. The van der Waals surface area contributed by atoms with Crippen LogP contribution in [0.4, 0.5) is 10.5 Å². The third-order valence-corrected chi connectivity index (χ3v) is 4.83. The quantitative estimate of drug-likeness (QED) is 0.894. The normalized spacial score (nSPS) is 21.8. The summed E-state index contributed by atoms with van der Waals surface area (Å²) >= 11 is 0. The fourth-order valence-corrected chi connectivity index (χ4v) is 3.00. The van der Waals surface area contributed by atoms with Crippen molar-refractivity contribution in [3.8, 4) is 0 Å². The van der Waals surface area contributed by atoms with Crippen LogP contribution in [0.25, 0.3) is 0 Å². The van der Waals surface area contributed by atoms with Crippen molar-refractivity contribution in [2.75, 3.05) is 18.0 Å². The van der Waals surface area contributed by atoms with Crippen LogP contribution in [0.1, 0.15) is 37.7 Å². The number of para-hydroxylation sites is 1. The van der Waals surface area contributed by atoms with Gasteiger partial charge in [0.15, 0.2) is 0 Å². The van der Waals surface area contributed by atoms with Crippen LogP contribution in [0.3, 0.4) is 0 Å². The van der Waals surface area contributed by atoms with E-state index in [0.29, 0.717) is 12.2 Å². The Labute approximate surface area is 123 Å². The van der Waals surface area contributed by atoms with Crippen molar-refractivity contribution in [1.82, 2.24) is 5.32 Å². The number of hydrogen-bond acceptors (Lipinski definition) is 2. The minimum absolute atomic E-state index is 0.189. The lowest BCUT2D eigenvalue weighted by atomic mass is 10.0. The standard InChI is InChI=1S/C16H20N2O3/c1-2-16(7-8-16)10-17-15(21)18-9-12(14(19)20)11-5-3-4-6-13(11)18/h3-6,12H,2,7-10H2,1H3,(H,17,21)(H,19,20). The Hall–Kier alpha value is -2.04. The first kappa shape index (κ1) is 13.9. The molecule has 5 heteroatoms. The van der Waals surface area contributed by atoms with Crippen molar-refractivity contribution >= 4 is 17.7 Å².